The predicted octanol–water partition coefficient (Wildman–Crippen LogP) is 6.04. The molecule has 1 aromatic rings. The van der Waals surface area contributed by atoms with Crippen molar-refractivity contribution in [2.24, 2.45) is 0 Å². The van der Waals surface area contributed by atoms with E-state index in [9.17, 15) is 15.3 Å². The first-order valence-electron chi connectivity index (χ1n) is 11.1. The van der Waals surface area contributed by atoms with E-state index in [0.717, 1.165) is 36.8 Å². The minimum atomic E-state index is -0.535. The van der Waals surface area contributed by atoms with Crippen molar-refractivity contribution in [1.82, 2.24) is 0 Å². The number of aromatic hydroxyl groups is 2. The largest absolute Gasteiger partial charge is 0.508 e. The lowest BCUT2D eigenvalue weighted by Crippen LogP contribution is -2.04. The maximum Gasteiger partial charge on any atom is 0.122 e. The Morgan fingerprint density at radius 1 is 0.871 bits per heavy atom. The number of hydrogen-bond acceptors (Lipinski definition) is 4. The number of phenolic OH excluding ortho intramolecular Hbond substituents is 2. The van der Waals surface area contributed by atoms with Gasteiger partial charge in [-0.05, 0) is 90.8 Å². The molecule has 0 spiro atoms. The lowest BCUT2D eigenvalue weighted by Gasteiger charge is -2.10. The molecule has 1 atom stereocenters. The van der Waals surface area contributed by atoms with Gasteiger partial charge in [-0.15, -0.1) is 0 Å². The van der Waals surface area contributed by atoms with Crippen molar-refractivity contribution in [3.8, 4) is 11.5 Å². The molecule has 0 radical (unpaired) electrons. The molecule has 0 saturated heterocycles. The number of rotatable bonds is 12. The van der Waals surface area contributed by atoms with Crippen LogP contribution in [-0.4, -0.2) is 33.1 Å². The van der Waals surface area contributed by atoms with Gasteiger partial charge in [-0.25, -0.2) is 0 Å². The molecule has 1 rings (SSSR count). The maximum absolute atomic E-state index is 10.4. The Labute approximate surface area is 188 Å². The van der Waals surface area contributed by atoms with Crippen molar-refractivity contribution in [2.45, 2.75) is 79.2 Å². The van der Waals surface area contributed by atoms with Gasteiger partial charge < -0.3 is 20.4 Å². The summed E-state index contributed by atoms with van der Waals surface area (Å²) in [5.41, 5.74) is 5.90. The molecular formula is C27H40O4. The molecule has 0 bridgehead atoms. The second-order valence-corrected chi connectivity index (χ2v) is 8.65. The Kier molecular flexibility index (Phi) is 12.0. The van der Waals surface area contributed by atoms with Gasteiger partial charge in [0.15, 0.2) is 0 Å². The third-order valence-electron chi connectivity index (χ3n) is 5.35. The van der Waals surface area contributed by atoms with Gasteiger partial charge in [0, 0.05) is 5.56 Å². The molecule has 0 aliphatic carbocycles. The van der Waals surface area contributed by atoms with Crippen LogP contribution in [0, 0.1) is 6.92 Å². The van der Waals surface area contributed by atoms with Gasteiger partial charge in [-0.1, -0.05) is 46.6 Å². The predicted molar refractivity (Wildman–Crippen MR) is 129 cm³/mol. The van der Waals surface area contributed by atoms with Gasteiger partial charge >= 0.3 is 0 Å². The summed E-state index contributed by atoms with van der Waals surface area (Å²) in [5.74, 6) is 0.358. The van der Waals surface area contributed by atoms with E-state index in [-0.39, 0.29) is 18.1 Å². The van der Waals surface area contributed by atoms with Crippen LogP contribution < -0.4 is 0 Å². The molecule has 4 heteroatoms. The summed E-state index contributed by atoms with van der Waals surface area (Å²) in [7, 11) is 0. The molecule has 0 heterocycles. The van der Waals surface area contributed by atoms with Crippen molar-refractivity contribution >= 4 is 0 Å². The average Bonchev–Trinajstić information content (AvgIpc) is 2.69. The van der Waals surface area contributed by atoms with Gasteiger partial charge in [-0.3, -0.25) is 0 Å². The van der Waals surface area contributed by atoms with Crippen LogP contribution in [-0.2, 0) is 6.42 Å². The smallest absolute Gasteiger partial charge is 0.122 e. The Morgan fingerprint density at radius 3 is 2.13 bits per heavy atom. The highest BCUT2D eigenvalue weighted by atomic mass is 16.3. The van der Waals surface area contributed by atoms with Crippen molar-refractivity contribution in [1.29, 1.82) is 0 Å². The minimum Gasteiger partial charge on any atom is -0.508 e. The Hall–Kier alpha value is -2.30. The summed E-state index contributed by atoms with van der Waals surface area (Å²) in [4.78, 5) is 0. The van der Waals surface area contributed by atoms with E-state index in [1.54, 1.807) is 19.1 Å². The van der Waals surface area contributed by atoms with Crippen molar-refractivity contribution in [3.63, 3.8) is 0 Å². The Bertz CT molecular complexity index is 828. The summed E-state index contributed by atoms with van der Waals surface area (Å²) in [6, 6.07) is 3.12. The molecule has 0 amide bonds. The van der Waals surface area contributed by atoms with E-state index in [2.05, 4.69) is 19.1 Å². The summed E-state index contributed by atoms with van der Waals surface area (Å²) >= 11 is 0. The summed E-state index contributed by atoms with van der Waals surface area (Å²) in [6.45, 7) is 9.98. The SMILES string of the molecule is CC(=CCCC(C)=CCCC(C)=C[C@H](O)CC(C)=CCc1cc(O)cc(C)c1O)CO. The number of hydrogen-bond donors (Lipinski definition) is 4. The van der Waals surface area contributed by atoms with Crippen LogP contribution in [0.3, 0.4) is 0 Å². The summed E-state index contributed by atoms with van der Waals surface area (Å²) in [6.07, 6.45) is 12.6. The fourth-order valence-corrected chi connectivity index (χ4v) is 3.41. The number of benzene rings is 1. The fourth-order valence-electron chi connectivity index (χ4n) is 3.41. The second kappa shape index (κ2) is 13.9. The zero-order valence-electron chi connectivity index (χ0n) is 19.8. The first-order chi connectivity index (χ1) is 14.6. The van der Waals surface area contributed by atoms with Crippen LogP contribution in [0.15, 0.2) is 58.7 Å². The zero-order chi connectivity index (χ0) is 23.4. The third kappa shape index (κ3) is 11.0. The molecule has 4 N–H and O–H groups in total. The van der Waals surface area contributed by atoms with Gasteiger partial charge in [0.05, 0.1) is 12.7 Å². The van der Waals surface area contributed by atoms with Crippen molar-refractivity contribution < 1.29 is 20.4 Å². The quantitative estimate of drug-likeness (QED) is 0.242. The monoisotopic (exact) mass is 428 g/mol. The van der Waals surface area contributed by atoms with Gasteiger partial charge in [0.1, 0.15) is 11.5 Å². The van der Waals surface area contributed by atoms with Crippen molar-refractivity contribution in [3.05, 3.63) is 69.9 Å². The molecule has 1 aromatic carbocycles. The molecule has 0 aromatic heterocycles. The van der Waals surface area contributed by atoms with E-state index in [1.807, 2.05) is 32.9 Å². The lowest BCUT2D eigenvalue weighted by atomic mass is 10.0. The van der Waals surface area contributed by atoms with Crippen LogP contribution in [0.25, 0.3) is 0 Å². The molecule has 0 fully saturated rings. The average molecular weight is 429 g/mol. The fraction of sp³-hybridized carbons (Fsp3) is 0.481. The van der Waals surface area contributed by atoms with E-state index in [4.69, 9.17) is 5.11 Å². The molecule has 0 saturated carbocycles. The minimum absolute atomic E-state index is 0.127. The Balaban J connectivity index is 2.49. The van der Waals surface area contributed by atoms with E-state index < -0.39 is 6.10 Å². The molecule has 4 nitrogen and oxygen atoms in total. The van der Waals surface area contributed by atoms with Gasteiger partial charge in [0.25, 0.3) is 0 Å². The van der Waals surface area contributed by atoms with E-state index >= 15 is 0 Å². The third-order valence-corrected chi connectivity index (χ3v) is 5.35. The molecule has 0 unspecified atom stereocenters. The van der Waals surface area contributed by atoms with Crippen LogP contribution in [0.5, 0.6) is 11.5 Å². The van der Waals surface area contributed by atoms with Crippen molar-refractivity contribution in [2.75, 3.05) is 6.61 Å². The lowest BCUT2D eigenvalue weighted by molar-refractivity contribution is 0.222. The molecule has 172 valence electrons. The summed E-state index contributed by atoms with van der Waals surface area (Å²) < 4.78 is 0. The van der Waals surface area contributed by atoms with E-state index in [0.29, 0.717) is 24.0 Å². The normalized spacial score (nSPS) is 14.8. The molecular weight excluding hydrogens is 388 g/mol. The maximum atomic E-state index is 10.4. The molecule has 0 aliphatic heterocycles. The van der Waals surface area contributed by atoms with Crippen LogP contribution in [0.1, 0.15) is 70.9 Å². The van der Waals surface area contributed by atoms with Gasteiger partial charge in [-0.2, -0.15) is 0 Å². The highest BCUT2D eigenvalue weighted by Gasteiger charge is 2.07. The second-order valence-electron chi connectivity index (χ2n) is 8.65. The highest BCUT2D eigenvalue weighted by Crippen LogP contribution is 2.28. The molecule has 31 heavy (non-hydrogen) atoms. The van der Waals surface area contributed by atoms with E-state index in [1.165, 1.54) is 11.1 Å². The number of phenols is 2. The summed E-state index contributed by atoms with van der Waals surface area (Å²) in [5, 5.41) is 39.2. The standard InChI is InChI=1S/C27H40O4/c1-19(9-7-11-22(4)18-28)8-6-10-20(2)14-25(29)15-21(3)12-13-24-17-26(30)16-23(5)27(24)31/h8,11-12,14,16-17,25,28-31H,6-7,9-10,13,15,18H2,1-5H3/t25-/m0/s1. The number of aryl methyl sites for hydroxylation is 1. The Morgan fingerprint density at radius 2 is 1.48 bits per heavy atom. The van der Waals surface area contributed by atoms with Crippen LogP contribution in [0.4, 0.5) is 0 Å². The zero-order valence-corrected chi connectivity index (χ0v) is 19.8. The topological polar surface area (TPSA) is 80.9 Å². The number of aliphatic hydroxyl groups excluding tert-OH is 2. The number of allylic oxidation sites excluding steroid dienone is 5. The van der Waals surface area contributed by atoms with Crippen LogP contribution >= 0.6 is 0 Å². The molecule has 0 aliphatic rings. The first-order valence-corrected chi connectivity index (χ1v) is 11.1. The number of aliphatic hydroxyl groups is 2. The highest BCUT2D eigenvalue weighted by molar-refractivity contribution is 5.46. The first kappa shape index (κ1) is 26.7. The van der Waals surface area contributed by atoms with Gasteiger partial charge in [0.2, 0.25) is 0 Å². The van der Waals surface area contributed by atoms with Crippen LogP contribution in [0.2, 0.25) is 0 Å².